The summed E-state index contributed by atoms with van der Waals surface area (Å²) in [5.41, 5.74) is 0.345. The van der Waals surface area contributed by atoms with Crippen LogP contribution in [0.2, 0.25) is 0 Å². The molecular weight excluding hydrogens is 657 g/mol. The Hall–Kier alpha value is -2.04. The first kappa shape index (κ1) is 49.0. The summed E-state index contributed by atoms with van der Waals surface area (Å²) in [5.74, 6) is -1.25. The Labute approximate surface area is 328 Å². The van der Waals surface area contributed by atoms with Gasteiger partial charge < -0.3 is 14.6 Å². The summed E-state index contributed by atoms with van der Waals surface area (Å²) in [6.45, 7) is 5.29. The molecule has 1 rings (SSSR count). The lowest BCUT2D eigenvalue weighted by Crippen LogP contribution is -2.09. The van der Waals surface area contributed by atoms with E-state index in [0.717, 1.165) is 32.1 Å². The standard InChI is InChI=1S/C48H86O5/c1-3-5-7-9-11-13-15-17-19-21-23-25-27-29-31-33-35-37-41-52-47(50)44-39-40-45(46(49)43-44)48(51)53-42-38-36-34-32-30-28-26-24-22-20-18-16-14-12-10-8-6-4-2/h39-40,43,49H,3-38,41-42H2,1-2H3. The van der Waals surface area contributed by atoms with Crippen LogP contribution in [0.25, 0.3) is 0 Å². The van der Waals surface area contributed by atoms with Gasteiger partial charge in [-0.3, -0.25) is 0 Å². The second-order valence-electron chi connectivity index (χ2n) is 16.0. The normalized spacial score (nSPS) is 11.3. The molecule has 1 N–H and O–H groups in total. The van der Waals surface area contributed by atoms with Crippen LogP contribution >= 0.6 is 0 Å². The van der Waals surface area contributed by atoms with Crippen molar-refractivity contribution in [2.75, 3.05) is 13.2 Å². The highest BCUT2D eigenvalue weighted by atomic mass is 16.5. The monoisotopic (exact) mass is 743 g/mol. The van der Waals surface area contributed by atoms with E-state index in [2.05, 4.69) is 13.8 Å². The predicted molar refractivity (Wildman–Crippen MR) is 226 cm³/mol. The van der Waals surface area contributed by atoms with E-state index < -0.39 is 11.9 Å². The molecule has 0 unspecified atom stereocenters. The van der Waals surface area contributed by atoms with E-state index in [1.807, 2.05) is 0 Å². The first-order valence-corrected chi connectivity index (χ1v) is 23.3. The molecule has 0 fully saturated rings. The number of ether oxygens (including phenoxy) is 2. The molecule has 0 saturated carbocycles. The number of phenols is 1. The lowest BCUT2D eigenvalue weighted by atomic mass is 10.0. The van der Waals surface area contributed by atoms with E-state index in [9.17, 15) is 14.7 Å². The van der Waals surface area contributed by atoms with Crippen molar-refractivity contribution in [1.82, 2.24) is 0 Å². The van der Waals surface area contributed by atoms with Gasteiger partial charge in [-0.15, -0.1) is 0 Å². The highest BCUT2D eigenvalue weighted by molar-refractivity contribution is 5.96. The van der Waals surface area contributed by atoms with E-state index in [4.69, 9.17) is 9.47 Å². The van der Waals surface area contributed by atoms with Crippen LogP contribution in [-0.4, -0.2) is 30.3 Å². The Morgan fingerprint density at radius 2 is 0.660 bits per heavy atom. The van der Waals surface area contributed by atoms with Crippen LogP contribution in [0.15, 0.2) is 18.2 Å². The maximum atomic E-state index is 12.5. The van der Waals surface area contributed by atoms with Crippen molar-refractivity contribution in [3.63, 3.8) is 0 Å². The van der Waals surface area contributed by atoms with Gasteiger partial charge in [0, 0.05) is 0 Å². The molecule has 1 aromatic carbocycles. The smallest absolute Gasteiger partial charge is 0.341 e. The molecule has 0 atom stereocenters. The van der Waals surface area contributed by atoms with Crippen molar-refractivity contribution in [1.29, 1.82) is 0 Å². The van der Waals surface area contributed by atoms with Gasteiger partial charge in [0.2, 0.25) is 0 Å². The number of aromatic hydroxyl groups is 1. The number of hydrogen-bond donors (Lipinski definition) is 1. The fourth-order valence-corrected chi connectivity index (χ4v) is 7.33. The Morgan fingerprint density at radius 3 is 0.943 bits per heavy atom. The number of phenolic OH excluding ortho intramolecular Hbond substituents is 1. The van der Waals surface area contributed by atoms with E-state index in [1.165, 1.54) is 217 Å². The summed E-state index contributed by atoms with van der Waals surface area (Å²) in [7, 11) is 0. The SMILES string of the molecule is CCCCCCCCCCCCCCCCCCCCOC(=O)c1ccc(C(=O)OCCCCCCCCCCCCCCCCCCCC)c(O)c1. The third-order valence-corrected chi connectivity index (χ3v) is 10.9. The van der Waals surface area contributed by atoms with Gasteiger partial charge in [-0.25, -0.2) is 9.59 Å². The third-order valence-electron chi connectivity index (χ3n) is 10.9. The minimum absolute atomic E-state index is 0.0902. The Kier molecular flexibility index (Phi) is 35.3. The second kappa shape index (κ2) is 38.2. The average Bonchev–Trinajstić information content (AvgIpc) is 3.16. The van der Waals surface area contributed by atoms with E-state index in [1.54, 1.807) is 0 Å². The molecule has 0 heterocycles. The zero-order valence-electron chi connectivity index (χ0n) is 35.2. The molecule has 0 aromatic heterocycles. The van der Waals surface area contributed by atoms with Gasteiger partial charge in [0.15, 0.2) is 0 Å². The van der Waals surface area contributed by atoms with Crippen LogP contribution < -0.4 is 0 Å². The first-order chi connectivity index (χ1) is 26.1. The molecule has 0 aliphatic rings. The van der Waals surface area contributed by atoms with Crippen LogP contribution in [0.3, 0.4) is 0 Å². The quantitative estimate of drug-likeness (QED) is 0.0535. The highest BCUT2D eigenvalue weighted by Crippen LogP contribution is 2.22. The van der Waals surface area contributed by atoms with E-state index in [0.29, 0.717) is 13.2 Å². The molecule has 5 nitrogen and oxygen atoms in total. The Balaban J connectivity index is 1.94. The molecule has 0 aliphatic carbocycles. The maximum Gasteiger partial charge on any atom is 0.341 e. The molecule has 0 spiro atoms. The third kappa shape index (κ3) is 30.9. The van der Waals surface area contributed by atoms with Crippen LogP contribution in [-0.2, 0) is 9.47 Å². The summed E-state index contributed by atoms with van der Waals surface area (Å²) >= 11 is 0. The summed E-state index contributed by atoms with van der Waals surface area (Å²) < 4.78 is 10.8. The van der Waals surface area contributed by atoms with Gasteiger partial charge in [0.1, 0.15) is 11.3 Å². The fourth-order valence-electron chi connectivity index (χ4n) is 7.33. The zero-order chi connectivity index (χ0) is 38.3. The van der Waals surface area contributed by atoms with E-state index >= 15 is 0 Å². The number of benzene rings is 1. The van der Waals surface area contributed by atoms with Crippen LogP contribution in [0.5, 0.6) is 5.75 Å². The number of hydrogen-bond acceptors (Lipinski definition) is 5. The van der Waals surface area contributed by atoms with Crippen molar-refractivity contribution < 1.29 is 24.2 Å². The molecule has 0 saturated heterocycles. The Morgan fingerprint density at radius 1 is 0.396 bits per heavy atom. The highest BCUT2D eigenvalue weighted by Gasteiger charge is 2.16. The summed E-state index contributed by atoms with van der Waals surface area (Å²) in [6, 6.07) is 4.30. The fraction of sp³-hybridized carbons (Fsp3) is 0.833. The molecule has 0 aliphatic heterocycles. The summed E-state index contributed by atoms with van der Waals surface area (Å²) in [5, 5.41) is 10.4. The predicted octanol–water partition coefficient (Wildman–Crippen LogP) is 15.8. The van der Waals surface area contributed by atoms with Crippen molar-refractivity contribution in [2.24, 2.45) is 0 Å². The molecule has 53 heavy (non-hydrogen) atoms. The van der Waals surface area contributed by atoms with Gasteiger partial charge in [0.05, 0.1) is 18.8 Å². The first-order valence-electron chi connectivity index (χ1n) is 23.3. The lowest BCUT2D eigenvalue weighted by Gasteiger charge is -2.09. The van der Waals surface area contributed by atoms with Gasteiger partial charge in [-0.05, 0) is 31.0 Å². The molecule has 5 heteroatoms. The maximum absolute atomic E-state index is 12.5. The zero-order valence-corrected chi connectivity index (χ0v) is 35.2. The molecule has 0 amide bonds. The molecule has 308 valence electrons. The van der Waals surface area contributed by atoms with Gasteiger partial charge in [0.25, 0.3) is 0 Å². The van der Waals surface area contributed by atoms with Crippen molar-refractivity contribution in [3.8, 4) is 5.75 Å². The topological polar surface area (TPSA) is 72.8 Å². The average molecular weight is 743 g/mol. The van der Waals surface area contributed by atoms with Crippen LogP contribution in [0, 0.1) is 0 Å². The van der Waals surface area contributed by atoms with Crippen molar-refractivity contribution in [3.05, 3.63) is 29.3 Å². The van der Waals surface area contributed by atoms with E-state index in [-0.39, 0.29) is 16.9 Å². The summed E-state index contributed by atoms with van der Waals surface area (Å²) in [4.78, 5) is 25.0. The Bertz CT molecular complexity index is 959. The minimum Gasteiger partial charge on any atom is -0.507 e. The largest absolute Gasteiger partial charge is 0.507 e. The number of rotatable bonds is 40. The van der Waals surface area contributed by atoms with Gasteiger partial charge >= 0.3 is 11.9 Å². The number of carbonyl (C=O) groups is 2. The van der Waals surface area contributed by atoms with Crippen LogP contribution in [0.1, 0.15) is 266 Å². The van der Waals surface area contributed by atoms with Gasteiger partial charge in [-0.2, -0.15) is 0 Å². The number of unbranched alkanes of at least 4 members (excludes halogenated alkanes) is 34. The summed E-state index contributed by atoms with van der Waals surface area (Å²) in [6.07, 6.45) is 47.5. The van der Waals surface area contributed by atoms with Gasteiger partial charge in [-0.1, -0.05) is 232 Å². The number of esters is 2. The molecule has 0 bridgehead atoms. The molecular formula is C48H86O5. The lowest BCUT2D eigenvalue weighted by molar-refractivity contribution is 0.0480. The van der Waals surface area contributed by atoms with Crippen molar-refractivity contribution >= 4 is 11.9 Å². The van der Waals surface area contributed by atoms with Crippen LogP contribution in [0.4, 0.5) is 0 Å². The minimum atomic E-state index is -0.548. The van der Waals surface area contributed by atoms with Crippen molar-refractivity contribution in [2.45, 2.75) is 245 Å². The number of carbonyl (C=O) groups excluding carboxylic acids is 2. The molecule has 0 radical (unpaired) electrons. The second-order valence-corrected chi connectivity index (χ2v) is 16.0. The molecule has 1 aromatic rings.